The molecule has 10 nitrogen and oxygen atoms in total. The molecular formula is C29H27N5O5. The van der Waals surface area contributed by atoms with Gasteiger partial charge in [0.05, 0.1) is 25.4 Å². The van der Waals surface area contributed by atoms with Crippen molar-refractivity contribution in [3.05, 3.63) is 67.2 Å². The Balaban J connectivity index is 1.45. The Kier molecular flexibility index (Phi) is 7.32. The van der Waals surface area contributed by atoms with E-state index < -0.39 is 0 Å². The van der Waals surface area contributed by atoms with Gasteiger partial charge in [0, 0.05) is 42.9 Å². The lowest BCUT2D eigenvalue weighted by molar-refractivity contribution is -0.127. The van der Waals surface area contributed by atoms with E-state index in [1.807, 2.05) is 36.4 Å². The summed E-state index contributed by atoms with van der Waals surface area (Å²) in [6, 6.07) is 14.6. The number of fused-ring (bicyclic) bond motifs is 1. The number of nitriles is 1. The molecule has 39 heavy (non-hydrogen) atoms. The number of hydrogen-bond donors (Lipinski definition) is 1. The minimum absolute atomic E-state index is 0.0679. The van der Waals surface area contributed by atoms with Crippen LogP contribution in [0.25, 0.3) is 22.2 Å². The van der Waals surface area contributed by atoms with Crippen LogP contribution in [0, 0.1) is 11.3 Å². The highest BCUT2D eigenvalue weighted by molar-refractivity contribution is 5.93. The van der Waals surface area contributed by atoms with Crippen LogP contribution >= 0.6 is 0 Å². The number of carbonyl (C=O) groups is 1. The molecule has 1 saturated heterocycles. The number of likely N-dealkylation sites (tertiary alicyclic amines) is 1. The van der Waals surface area contributed by atoms with Crippen molar-refractivity contribution < 1.29 is 23.4 Å². The molecule has 0 atom stereocenters. The van der Waals surface area contributed by atoms with Crippen molar-refractivity contribution in [1.82, 2.24) is 14.9 Å². The van der Waals surface area contributed by atoms with E-state index in [0.29, 0.717) is 66.0 Å². The maximum atomic E-state index is 11.9. The molecule has 4 aromatic rings. The summed E-state index contributed by atoms with van der Waals surface area (Å²) in [5.41, 5.74) is 2.09. The predicted octanol–water partition coefficient (Wildman–Crippen LogP) is 5.08. The number of hydrogen-bond acceptors (Lipinski definition) is 9. The van der Waals surface area contributed by atoms with E-state index in [1.54, 1.807) is 31.3 Å². The molecule has 198 valence electrons. The Morgan fingerprint density at radius 1 is 1.10 bits per heavy atom. The minimum Gasteiger partial charge on any atom is -0.495 e. The van der Waals surface area contributed by atoms with Crippen LogP contribution in [0.1, 0.15) is 18.6 Å². The zero-order valence-electron chi connectivity index (χ0n) is 21.6. The van der Waals surface area contributed by atoms with Gasteiger partial charge in [0.15, 0.2) is 11.5 Å². The van der Waals surface area contributed by atoms with Crippen LogP contribution in [-0.4, -0.2) is 54.2 Å². The molecule has 1 fully saturated rings. The average molecular weight is 526 g/mol. The Morgan fingerprint density at radius 3 is 2.59 bits per heavy atom. The molecule has 0 saturated carbocycles. The number of aromatic nitrogens is 2. The molecule has 10 heteroatoms. The second-order valence-electron chi connectivity index (χ2n) is 8.90. The molecule has 0 unspecified atom stereocenters. The average Bonchev–Trinajstić information content (AvgIpc) is 3.46. The van der Waals surface area contributed by atoms with Crippen LogP contribution in [0.2, 0.25) is 0 Å². The number of carbonyl (C=O) groups excluding carboxylic acids is 1. The molecule has 0 bridgehead atoms. The van der Waals surface area contributed by atoms with Crippen molar-refractivity contribution in [3.63, 3.8) is 0 Å². The fourth-order valence-electron chi connectivity index (χ4n) is 4.56. The minimum atomic E-state index is -0.0744. The van der Waals surface area contributed by atoms with Crippen molar-refractivity contribution in [2.24, 2.45) is 0 Å². The largest absolute Gasteiger partial charge is 0.495 e. The number of rotatable bonds is 8. The quantitative estimate of drug-likeness (QED) is 0.314. The van der Waals surface area contributed by atoms with Crippen molar-refractivity contribution >= 4 is 28.3 Å². The third kappa shape index (κ3) is 5.33. The number of methoxy groups -OCH3 is 2. The fourth-order valence-corrected chi connectivity index (χ4v) is 4.56. The van der Waals surface area contributed by atoms with Crippen molar-refractivity contribution in [1.29, 1.82) is 5.26 Å². The van der Waals surface area contributed by atoms with Crippen LogP contribution in [0.5, 0.6) is 17.2 Å². The molecule has 0 radical (unpaired) electrons. The zero-order chi connectivity index (χ0) is 27.4. The highest BCUT2D eigenvalue weighted by Gasteiger charge is 2.24. The summed E-state index contributed by atoms with van der Waals surface area (Å²) >= 11 is 0. The number of ether oxygens (including phenoxy) is 3. The predicted molar refractivity (Wildman–Crippen MR) is 145 cm³/mol. The van der Waals surface area contributed by atoms with Crippen LogP contribution < -0.4 is 19.5 Å². The van der Waals surface area contributed by atoms with Crippen LogP contribution in [0.3, 0.4) is 0 Å². The van der Waals surface area contributed by atoms with Gasteiger partial charge in [0.1, 0.15) is 35.8 Å². The lowest BCUT2D eigenvalue weighted by atomic mass is 10.1. The Hall–Kier alpha value is -5.04. The first-order valence-corrected chi connectivity index (χ1v) is 12.4. The van der Waals surface area contributed by atoms with Crippen LogP contribution in [-0.2, 0) is 4.79 Å². The maximum Gasteiger partial charge on any atom is 0.245 e. The van der Waals surface area contributed by atoms with Gasteiger partial charge >= 0.3 is 0 Å². The number of benzene rings is 2. The molecule has 0 aliphatic carbocycles. The molecule has 5 rings (SSSR count). The smallest absolute Gasteiger partial charge is 0.245 e. The van der Waals surface area contributed by atoms with E-state index in [-0.39, 0.29) is 17.8 Å². The number of nitrogens with zero attached hydrogens (tertiary/aromatic N) is 4. The summed E-state index contributed by atoms with van der Waals surface area (Å²) < 4.78 is 23.1. The molecule has 2 aromatic heterocycles. The van der Waals surface area contributed by atoms with Gasteiger partial charge in [-0.25, -0.2) is 9.97 Å². The van der Waals surface area contributed by atoms with E-state index >= 15 is 0 Å². The number of piperidine rings is 1. The molecule has 0 spiro atoms. The van der Waals surface area contributed by atoms with Gasteiger partial charge in [-0.3, -0.25) is 4.79 Å². The Morgan fingerprint density at radius 2 is 1.90 bits per heavy atom. The summed E-state index contributed by atoms with van der Waals surface area (Å²) in [5.74, 6) is 3.00. The first-order valence-electron chi connectivity index (χ1n) is 12.4. The van der Waals surface area contributed by atoms with Gasteiger partial charge in [-0.05, 0) is 42.5 Å². The summed E-state index contributed by atoms with van der Waals surface area (Å²) in [5, 5.41) is 13.2. The molecule has 1 amide bonds. The van der Waals surface area contributed by atoms with Crippen molar-refractivity contribution in [3.8, 4) is 34.6 Å². The lowest BCUT2D eigenvalue weighted by Gasteiger charge is -2.31. The lowest BCUT2D eigenvalue weighted by Crippen LogP contribution is -2.41. The fraction of sp³-hybridized carbons (Fsp3) is 0.241. The third-order valence-electron chi connectivity index (χ3n) is 6.60. The molecule has 3 heterocycles. The molecule has 1 aliphatic heterocycles. The Bertz CT molecular complexity index is 1570. The summed E-state index contributed by atoms with van der Waals surface area (Å²) in [6.45, 7) is 4.77. The number of amides is 1. The highest BCUT2D eigenvalue weighted by Crippen LogP contribution is 2.38. The molecule has 1 N–H and O–H groups in total. The van der Waals surface area contributed by atoms with Gasteiger partial charge in [0.2, 0.25) is 11.7 Å². The molecule has 1 aliphatic rings. The molecular weight excluding hydrogens is 498 g/mol. The number of nitrogens with one attached hydrogen (secondary N) is 1. The Labute approximate surface area is 225 Å². The van der Waals surface area contributed by atoms with Crippen molar-refractivity contribution in [2.75, 3.05) is 32.6 Å². The first-order chi connectivity index (χ1) is 19.0. The van der Waals surface area contributed by atoms with Crippen LogP contribution in [0.4, 0.5) is 11.5 Å². The second-order valence-corrected chi connectivity index (χ2v) is 8.90. The van der Waals surface area contributed by atoms with Gasteiger partial charge in [0.25, 0.3) is 0 Å². The van der Waals surface area contributed by atoms with Gasteiger partial charge < -0.3 is 28.8 Å². The van der Waals surface area contributed by atoms with E-state index in [1.165, 1.54) is 12.4 Å². The van der Waals surface area contributed by atoms with Gasteiger partial charge in [-0.2, -0.15) is 5.26 Å². The van der Waals surface area contributed by atoms with E-state index in [0.717, 1.165) is 10.9 Å². The third-order valence-corrected chi connectivity index (χ3v) is 6.60. The summed E-state index contributed by atoms with van der Waals surface area (Å²) in [4.78, 5) is 22.6. The standard InChI is InChI=1S/C29H27N5O5/c1-4-28(35)34-11-9-19(10-12-34)38-27-14-21-22(15-26(27)37-3)31-17-32-29(21)33-23-13-18(5-7-25(23)36-2)24-8-6-20(16-30)39-24/h4-8,13-15,17,19H,1,9-12H2,2-3H3,(H,31,32,33). The van der Waals surface area contributed by atoms with Crippen molar-refractivity contribution in [2.45, 2.75) is 18.9 Å². The number of furan rings is 1. The van der Waals surface area contributed by atoms with E-state index in [2.05, 4.69) is 21.9 Å². The first kappa shape index (κ1) is 25.6. The van der Waals surface area contributed by atoms with E-state index in [4.69, 9.17) is 23.9 Å². The number of anilines is 2. The topological polar surface area (TPSA) is 123 Å². The molecule has 2 aromatic carbocycles. The van der Waals surface area contributed by atoms with E-state index in [9.17, 15) is 4.79 Å². The SMILES string of the molecule is C=CC(=O)N1CCC(Oc2cc3c(Nc4cc(-c5ccc(C#N)o5)ccc4OC)ncnc3cc2OC)CC1. The normalized spacial score (nSPS) is 13.5. The zero-order valence-corrected chi connectivity index (χ0v) is 21.6. The summed E-state index contributed by atoms with van der Waals surface area (Å²) in [6.07, 6.45) is 4.13. The second kappa shape index (κ2) is 11.1. The summed E-state index contributed by atoms with van der Waals surface area (Å²) in [7, 11) is 3.17. The van der Waals surface area contributed by atoms with Gasteiger partial charge in [-0.1, -0.05) is 6.58 Å². The highest BCUT2D eigenvalue weighted by atomic mass is 16.5. The monoisotopic (exact) mass is 525 g/mol. The van der Waals surface area contributed by atoms with Crippen LogP contribution in [0.15, 0.2) is 65.9 Å². The van der Waals surface area contributed by atoms with Gasteiger partial charge in [-0.15, -0.1) is 0 Å². The maximum absolute atomic E-state index is 11.9.